The van der Waals surface area contributed by atoms with Crippen LogP contribution in [0, 0.1) is 11.8 Å². The molecule has 5 nitrogen and oxygen atoms in total. The highest BCUT2D eigenvalue weighted by atomic mass is 16.4. The van der Waals surface area contributed by atoms with E-state index in [9.17, 15) is 9.59 Å². The van der Waals surface area contributed by atoms with Gasteiger partial charge >= 0.3 is 5.97 Å². The van der Waals surface area contributed by atoms with Gasteiger partial charge in [-0.15, -0.1) is 0 Å². The molecule has 1 heterocycles. The number of nitrogens with zero attached hydrogens (tertiary/aromatic N) is 2. The molecule has 2 rings (SSSR count). The lowest BCUT2D eigenvalue weighted by Crippen LogP contribution is -2.46. The minimum absolute atomic E-state index is 0.157. The molecular weight excluding hydrogens is 292 g/mol. The fraction of sp³-hybridized carbons (Fsp3) is 0.889. The molecular formula is C18H32N2O3. The van der Waals surface area contributed by atoms with Crippen molar-refractivity contribution < 1.29 is 14.7 Å². The van der Waals surface area contributed by atoms with Crippen molar-refractivity contribution in [1.29, 1.82) is 0 Å². The normalized spacial score (nSPS) is 28.6. The molecule has 132 valence electrons. The molecule has 0 aromatic heterocycles. The van der Waals surface area contributed by atoms with Gasteiger partial charge in [0.2, 0.25) is 5.91 Å². The number of amides is 1. The second-order valence-corrected chi connectivity index (χ2v) is 7.76. The summed E-state index contributed by atoms with van der Waals surface area (Å²) in [6.07, 6.45) is 6.33. The lowest BCUT2D eigenvalue weighted by Gasteiger charge is -2.36. The van der Waals surface area contributed by atoms with Gasteiger partial charge in [-0.05, 0) is 51.5 Å². The summed E-state index contributed by atoms with van der Waals surface area (Å²) < 4.78 is 0. The zero-order chi connectivity index (χ0) is 17.0. The van der Waals surface area contributed by atoms with Gasteiger partial charge in [-0.25, -0.2) is 0 Å². The number of carbonyl (C=O) groups is 2. The Kier molecular flexibility index (Phi) is 6.45. The molecule has 2 fully saturated rings. The number of likely N-dealkylation sites (tertiary alicyclic amines) is 1. The zero-order valence-corrected chi connectivity index (χ0v) is 14.8. The van der Waals surface area contributed by atoms with Crippen molar-refractivity contribution in [3.8, 4) is 0 Å². The first-order chi connectivity index (χ1) is 10.9. The van der Waals surface area contributed by atoms with E-state index in [4.69, 9.17) is 5.11 Å². The average molecular weight is 324 g/mol. The first-order valence-electron chi connectivity index (χ1n) is 9.11. The third-order valence-electron chi connectivity index (χ3n) is 5.45. The van der Waals surface area contributed by atoms with Crippen LogP contribution in [0.15, 0.2) is 0 Å². The monoisotopic (exact) mass is 324 g/mol. The lowest BCUT2D eigenvalue weighted by molar-refractivity contribution is -0.143. The van der Waals surface area contributed by atoms with Gasteiger partial charge in [0.1, 0.15) is 0 Å². The van der Waals surface area contributed by atoms with Crippen molar-refractivity contribution >= 4 is 11.9 Å². The van der Waals surface area contributed by atoms with Crippen molar-refractivity contribution in [3.63, 3.8) is 0 Å². The number of aliphatic carboxylic acids is 1. The van der Waals surface area contributed by atoms with E-state index in [0.717, 1.165) is 51.6 Å². The minimum atomic E-state index is -0.646. The van der Waals surface area contributed by atoms with E-state index in [1.54, 1.807) is 0 Å². The Bertz CT molecular complexity index is 416. The number of carboxylic acids is 1. The van der Waals surface area contributed by atoms with E-state index >= 15 is 0 Å². The number of likely N-dealkylation sites (N-methyl/N-ethyl adjacent to an activating group) is 1. The van der Waals surface area contributed by atoms with Crippen LogP contribution < -0.4 is 0 Å². The number of carbonyl (C=O) groups excluding carboxylic acids is 1. The second kappa shape index (κ2) is 8.13. The van der Waals surface area contributed by atoms with Crippen molar-refractivity contribution in [2.45, 2.75) is 70.9 Å². The summed E-state index contributed by atoms with van der Waals surface area (Å²) in [4.78, 5) is 27.9. The van der Waals surface area contributed by atoms with Crippen LogP contribution in [0.25, 0.3) is 0 Å². The third-order valence-corrected chi connectivity index (χ3v) is 5.45. The molecule has 1 aliphatic carbocycles. The second-order valence-electron chi connectivity index (χ2n) is 7.76. The Morgan fingerprint density at radius 3 is 2.39 bits per heavy atom. The van der Waals surface area contributed by atoms with E-state index in [2.05, 4.69) is 30.7 Å². The summed E-state index contributed by atoms with van der Waals surface area (Å²) in [7, 11) is 2.13. The number of hydrogen-bond donors (Lipinski definition) is 1. The predicted molar refractivity (Wildman–Crippen MR) is 90.2 cm³/mol. The van der Waals surface area contributed by atoms with E-state index in [-0.39, 0.29) is 5.92 Å². The standard InChI is InChI=1S/C18H32N2O3/c1-13(2)11-17(21)20-10-4-5-16(20)12-19(3)15-8-6-14(7-9-15)18(22)23/h13-16H,4-12H2,1-3H3,(H,22,23). The maximum Gasteiger partial charge on any atom is 0.306 e. The third kappa shape index (κ3) is 4.93. The largest absolute Gasteiger partial charge is 0.481 e. The van der Waals surface area contributed by atoms with Gasteiger partial charge in [0.25, 0.3) is 0 Å². The summed E-state index contributed by atoms with van der Waals surface area (Å²) in [5.41, 5.74) is 0. The SMILES string of the molecule is CC(C)CC(=O)N1CCCC1CN(C)C1CCC(C(=O)O)CC1. The van der Waals surface area contributed by atoms with Gasteiger partial charge in [0, 0.05) is 31.6 Å². The van der Waals surface area contributed by atoms with Gasteiger partial charge in [-0.1, -0.05) is 13.8 Å². The van der Waals surface area contributed by atoms with Crippen molar-refractivity contribution in [1.82, 2.24) is 9.80 Å². The van der Waals surface area contributed by atoms with Crippen molar-refractivity contribution in [3.05, 3.63) is 0 Å². The summed E-state index contributed by atoms with van der Waals surface area (Å²) in [6.45, 7) is 6.01. The molecule has 1 saturated heterocycles. The van der Waals surface area contributed by atoms with Crippen LogP contribution in [-0.4, -0.2) is 59.0 Å². The average Bonchev–Trinajstić information content (AvgIpc) is 2.94. The minimum Gasteiger partial charge on any atom is -0.481 e. The van der Waals surface area contributed by atoms with Gasteiger partial charge in [-0.3, -0.25) is 9.59 Å². The molecule has 0 spiro atoms. The van der Waals surface area contributed by atoms with Crippen LogP contribution in [-0.2, 0) is 9.59 Å². The molecule has 23 heavy (non-hydrogen) atoms. The van der Waals surface area contributed by atoms with E-state index in [0.29, 0.717) is 30.3 Å². The summed E-state index contributed by atoms with van der Waals surface area (Å²) in [5.74, 6) is -0.0964. The molecule has 0 aromatic rings. The zero-order valence-electron chi connectivity index (χ0n) is 14.8. The Morgan fingerprint density at radius 1 is 1.17 bits per heavy atom. The van der Waals surface area contributed by atoms with Gasteiger partial charge < -0.3 is 14.9 Å². The number of rotatable bonds is 6. The van der Waals surface area contributed by atoms with Gasteiger partial charge in [0.05, 0.1) is 5.92 Å². The van der Waals surface area contributed by atoms with E-state index in [1.165, 1.54) is 0 Å². The highest BCUT2D eigenvalue weighted by Crippen LogP contribution is 2.28. The quantitative estimate of drug-likeness (QED) is 0.816. The first-order valence-corrected chi connectivity index (χ1v) is 9.11. The Labute approximate surface area is 140 Å². The van der Waals surface area contributed by atoms with Crippen LogP contribution in [0.5, 0.6) is 0 Å². The molecule has 1 atom stereocenters. The highest BCUT2D eigenvalue weighted by Gasteiger charge is 2.33. The summed E-state index contributed by atoms with van der Waals surface area (Å²) >= 11 is 0. The predicted octanol–water partition coefficient (Wildman–Crippen LogP) is 2.60. The lowest BCUT2D eigenvalue weighted by atomic mass is 9.85. The van der Waals surface area contributed by atoms with Crippen LogP contribution in [0.4, 0.5) is 0 Å². The van der Waals surface area contributed by atoms with E-state index in [1.807, 2.05) is 0 Å². The topological polar surface area (TPSA) is 60.9 Å². The number of carboxylic acid groups (broad SMARTS) is 1. The Morgan fingerprint density at radius 2 is 1.83 bits per heavy atom. The molecule has 2 aliphatic rings. The van der Waals surface area contributed by atoms with Gasteiger partial charge in [0.15, 0.2) is 0 Å². The molecule has 1 aliphatic heterocycles. The maximum absolute atomic E-state index is 12.4. The maximum atomic E-state index is 12.4. The first kappa shape index (κ1) is 18.2. The molecule has 0 aromatic carbocycles. The molecule has 0 bridgehead atoms. The molecule has 1 amide bonds. The fourth-order valence-electron chi connectivity index (χ4n) is 4.07. The Balaban J connectivity index is 1.83. The molecule has 1 saturated carbocycles. The van der Waals surface area contributed by atoms with Crippen molar-refractivity contribution in [2.75, 3.05) is 20.1 Å². The summed E-state index contributed by atoms with van der Waals surface area (Å²) in [5, 5.41) is 9.10. The van der Waals surface area contributed by atoms with Crippen LogP contribution in [0.2, 0.25) is 0 Å². The Hall–Kier alpha value is -1.10. The highest BCUT2D eigenvalue weighted by molar-refractivity contribution is 5.77. The smallest absolute Gasteiger partial charge is 0.306 e. The van der Waals surface area contributed by atoms with Gasteiger partial charge in [-0.2, -0.15) is 0 Å². The molecule has 0 radical (unpaired) electrons. The summed E-state index contributed by atoms with van der Waals surface area (Å²) in [6, 6.07) is 0.802. The molecule has 1 unspecified atom stereocenters. The van der Waals surface area contributed by atoms with Crippen molar-refractivity contribution in [2.24, 2.45) is 11.8 Å². The van der Waals surface area contributed by atoms with E-state index < -0.39 is 5.97 Å². The van der Waals surface area contributed by atoms with Crippen LogP contribution >= 0.6 is 0 Å². The van der Waals surface area contributed by atoms with Crippen LogP contribution in [0.1, 0.15) is 58.8 Å². The molecule has 1 N–H and O–H groups in total. The van der Waals surface area contributed by atoms with Crippen LogP contribution in [0.3, 0.4) is 0 Å². The number of hydrogen-bond acceptors (Lipinski definition) is 3. The fourth-order valence-corrected chi connectivity index (χ4v) is 4.07. The molecule has 5 heteroatoms.